The summed E-state index contributed by atoms with van der Waals surface area (Å²) in [5, 5.41) is 2.80. The summed E-state index contributed by atoms with van der Waals surface area (Å²) in [5.41, 5.74) is 3.74. The van der Waals surface area contributed by atoms with Crippen LogP contribution in [0, 0.1) is 19.8 Å². The van der Waals surface area contributed by atoms with Crippen molar-refractivity contribution in [2.45, 2.75) is 39.8 Å². The zero-order valence-electron chi connectivity index (χ0n) is 17.0. The zero-order chi connectivity index (χ0) is 21.0. The highest BCUT2D eigenvalue weighted by Gasteiger charge is 2.36. The number of esters is 1. The molecule has 0 spiro atoms. The van der Waals surface area contributed by atoms with Gasteiger partial charge in [-0.2, -0.15) is 0 Å². The first-order chi connectivity index (χ1) is 13.8. The number of carbonyl (C=O) groups is 3. The first-order valence-corrected chi connectivity index (χ1v) is 9.74. The summed E-state index contributed by atoms with van der Waals surface area (Å²) in [6, 6.07) is 15.3. The standard InChI is InChI=1S/C23H26N2O4/c1-15-8-7-11-20(16(15)2)24-22(27)17(3)29-23(28)19-12-21(26)25(14-19)13-18-9-5-4-6-10-18/h4-11,17,19H,12-14H2,1-3H3,(H,24,27). The molecule has 0 radical (unpaired) electrons. The van der Waals surface area contributed by atoms with Gasteiger partial charge in [0.1, 0.15) is 0 Å². The van der Waals surface area contributed by atoms with Crippen molar-refractivity contribution in [3.63, 3.8) is 0 Å². The van der Waals surface area contributed by atoms with E-state index in [2.05, 4.69) is 5.32 Å². The third kappa shape index (κ3) is 5.02. The van der Waals surface area contributed by atoms with Gasteiger partial charge in [0.2, 0.25) is 5.91 Å². The molecule has 1 heterocycles. The summed E-state index contributed by atoms with van der Waals surface area (Å²) >= 11 is 0. The lowest BCUT2D eigenvalue weighted by molar-refractivity contribution is -0.157. The number of benzene rings is 2. The number of nitrogens with one attached hydrogen (secondary N) is 1. The highest BCUT2D eigenvalue weighted by molar-refractivity contribution is 5.96. The number of likely N-dealkylation sites (tertiary alicyclic amines) is 1. The van der Waals surface area contributed by atoms with Crippen LogP contribution in [0.15, 0.2) is 48.5 Å². The lowest BCUT2D eigenvalue weighted by Gasteiger charge is -2.18. The van der Waals surface area contributed by atoms with Gasteiger partial charge in [0.15, 0.2) is 6.10 Å². The molecule has 152 valence electrons. The van der Waals surface area contributed by atoms with E-state index in [9.17, 15) is 14.4 Å². The Bertz CT molecular complexity index is 910. The van der Waals surface area contributed by atoms with Crippen LogP contribution in [0.4, 0.5) is 5.69 Å². The van der Waals surface area contributed by atoms with E-state index in [1.165, 1.54) is 6.92 Å². The average Bonchev–Trinajstić information content (AvgIpc) is 3.06. The molecule has 6 heteroatoms. The van der Waals surface area contributed by atoms with Gasteiger partial charge in [-0.3, -0.25) is 14.4 Å². The van der Waals surface area contributed by atoms with E-state index in [1.54, 1.807) is 4.90 Å². The van der Waals surface area contributed by atoms with E-state index < -0.39 is 23.9 Å². The highest BCUT2D eigenvalue weighted by Crippen LogP contribution is 2.23. The molecule has 1 fully saturated rings. The van der Waals surface area contributed by atoms with Crippen LogP contribution in [-0.4, -0.2) is 35.3 Å². The number of hydrogen-bond donors (Lipinski definition) is 1. The predicted octanol–water partition coefficient (Wildman–Crippen LogP) is 3.22. The number of carbonyl (C=O) groups excluding carboxylic acids is 3. The molecule has 0 bridgehead atoms. The second-order valence-electron chi connectivity index (χ2n) is 7.48. The number of hydrogen-bond acceptors (Lipinski definition) is 4. The van der Waals surface area contributed by atoms with E-state index >= 15 is 0 Å². The van der Waals surface area contributed by atoms with E-state index in [1.807, 2.05) is 62.4 Å². The van der Waals surface area contributed by atoms with Crippen molar-refractivity contribution in [1.29, 1.82) is 0 Å². The van der Waals surface area contributed by atoms with Crippen molar-refractivity contribution < 1.29 is 19.1 Å². The van der Waals surface area contributed by atoms with Gasteiger partial charge in [-0.1, -0.05) is 42.5 Å². The van der Waals surface area contributed by atoms with Gasteiger partial charge >= 0.3 is 5.97 Å². The minimum atomic E-state index is -0.944. The van der Waals surface area contributed by atoms with Crippen LogP contribution in [0.1, 0.15) is 30.0 Å². The predicted molar refractivity (Wildman–Crippen MR) is 110 cm³/mol. The third-order valence-corrected chi connectivity index (χ3v) is 5.29. The first kappa shape index (κ1) is 20.6. The maximum atomic E-state index is 12.5. The largest absolute Gasteiger partial charge is 0.452 e. The lowest BCUT2D eigenvalue weighted by atomic mass is 10.1. The van der Waals surface area contributed by atoms with Crippen LogP contribution >= 0.6 is 0 Å². The molecule has 2 atom stereocenters. The molecule has 0 saturated carbocycles. The van der Waals surface area contributed by atoms with Crippen molar-refractivity contribution in [2.24, 2.45) is 5.92 Å². The molecular weight excluding hydrogens is 368 g/mol. The van der Waals surface area contributed by atoms with Crippen molar-refractivity contribution in [2.75, 3.05) is 11.9 Å². The molecule has 2 unspecified atom stereocenters. The SMILES string of the molecule is Cc1cccc(NC(=O)C(C)OC(=O)C2CC(=O)N(Cc3ccccc3)C2)c1C. The topological polar surface area (TPSA) is 75.7 Å². The van der Waals surface area contributed by atoms with Crippen LogP contribution < -0.4 is 5.32 Å². The van der Waals surface area contributed by atoms with Gasteiger partial charge in [0.25, 0.3) is 5.91 Å². The van der Waals surface area contributed by atoms with Gasteiger partial charge in [-0.25, -0.2) is 0 Å². The summed E-state index contributed by atoms with van der Waals surface area (Å²) in [6.07, 6.45) is -0.836. The Kier molecular flexibility index (Phi) is 6.32. The zero-order valence-corrected chi connectivity index (χ0v) is 17.0. The summed E-state index contributed by atoms with van der Waals surface area (Å²) in [7, 11) is 0. The fourth-order valence-corrected chi connectivity index (χ4v) is 3.33. The molecule has 1 saturated heterocycles. The Balaban J connectivity index is 1.54. The van der Waals surface area contributed by atoms with Crippen LogP contribution in [-0.2, 0) is 25.7 Å². The average molecular weight is 394 g/mol. The monoisotopic (exact) mass is 394 g/mol. The summed E-state index contributed by atoms with van der Waals surface area (Å²) < 4.78 is 5.36. The van der Waals surface area contributed by atoms with Crippen molar-refractivity contribution in [3.05, 3.63) is 65.2 Å². The fourth-order valence-electron chi connectivity index (χ4n) is 3.33. The van der Waals surface area contributed by atoms with Gasteiger partial charge in [-0.15, -0.1) is 0 Å². The molecule has 1 aliphatic rings. The van der Waals surface area contributed by atoms with Gasteiger partial charge in [0, 0.05) is 25.2 Å². The molecule has 2 aromatic rings. The normalized spacial score (nSPS) is 17.1. The Morgan fingerprint density at radius 2 is 1.86 bits per heavy atom. The second-order valence-corrected chi connectivity index (χ2v) is 7.48. The highest BCUT2D eigenvalue weighted by atomic mass is 16.5. The number of aryl methyl sites for hydroxylation is 1. The van der Waals surface area contributed by atoms with E-state index in [-0.39, 0.29) is 12.3 Å². The van der Waals surface area contributed by atoms with E-state index in [0.29, 0.717) is 18.8 Å². The summed E-state index contributed by atoms with van der Waals surface area (Å²) in [4.78, 5) is 38.8. The Hall–Kier alpha value is -3.15. The summed E-state index contributed by atoms with van der Waals surface area (Å²) in [6.45, 7) is 6.20. The van der Waals surface area contributed by atoms with Crippen molar-refractivity contribution in [1.82, 2.24) is 4.90 Å². The molecule has 6 nitrogen and oxygen atoms in total. The lowest BCUT2D eigenvalue weighted by Crippen LogP contribution is -2.33. The molecule has 29 heavy (non-hydrogen) atoms. The Morgan fingerprint density at radius 1 is 1.14 bits per heavy atom. The third-order valence-electron chi connectivity index (χ3n) is 5.29. The summed E-state index contributed by atoms with van der Waals surface area (Å²) in [5.74, 6) is -1.54. The van der Waals surface area contributed by atoms with Crippen LogP contribution in [0.25, 0.3) is 0 Å². The van der Waals surface area contributed by atoms with E-state index in [4.69, 9.17) is 4.74 Å². The minimum absolute atomic E-state index is 0.0803. The van der Waals surface area contributed by atoms with Crippen LogP contribution in [0.5, 0.6) is 0 Å². The van der Waals surface area contributed by atoms with Crippen molar-refractivity contribution in [3.8, 4) is 0 Å². The molecular formula is C23H26N2O4. The van der Waals surface area contributed by atoms with Gasteiger partial charge in [-0.05, 0) is 43.5 Å². The van der Waals surface area contributed by atoms with Crippen LogP contribution in [0.3, 0.4) is 0 Å². The van der Waals surface area contributed by atoms with Crippen LogP contribution in [0.2, 0.25) is 0 Å². The number of rotatable bonds is 6. The van der Waals surface area contributed by atoms with E-state index in [0.717, 1.165) is 16.7 Å². The number of nitrogens with zero attached hydrogens (tertiary/aromatic N) is 1. The quantitative estimate of drug-likeness (QED) is 0.764. The maximum absolute atomic E-state index is 12.5. The number of anilines is 1. The molecule has 2 amide bonds. The smallest absolute Gasteiger partial charge is 0.312 e. The molecule has 1 N–H and O–H groups in total. The molecule has 0 aromatic heterocycles. The number of amides is 2. The molecule has 0 aliphatic carbocycles. The number of ether oxygens (including phenoxy) is 1. The van der Waals surface area contributed by atoms with Crippen molar-refractivity contribution >= 4 is 23.5 Å². The molecule has 3 rings (SSSR count). The second kappa shape index (κ2) is 8.90. The van der Waals surface area contributed by atoms with Gasteiger partial charge < -0.3 is 15.0 Å². The molecule has 1 aliphatic heterocycles. The fraction of sp³-hybridized carbons (Fsp3) is 0.348. The minimum Gasteiger partial charge on any atom is -0.452 e. The molecule has 2 aromatic carbocycles. The maximum Gasteiger partial charge on any atom is 0.312 e. The Labute approximate surface area is 170 Å². The van der Waals surface area contributed by atoms with Gasteiger partial charge in [0.05, 0.1) is 5.92 Å². The Morgan fingerprint density at radius 3 is 2.59 bits per heavy atom. The first-order valence-electron chi connectivity index (χ1n) is 9.74.